The van der Waals surface area contributed by atoms with Gasteiger partial charge in [-0.2, -0.15) is 0 Å². The van der Waals surface area contributed by atoms with E-state index in [4.69, 9.17) is 23.2 Å². The van der Waals surface area contributed by atoms with E-state index in [1.807, 2.05) is 37.3 Å². The number of hydrogen-bond donors (Lipinski definition) is 0. The first kappa shape index (κ1) is 14.4. The Balaban J connectivity index is 2.24. The molecule has 0 radical (unpaired) electrons. The van der Waals surface area contributed by atoms with Crippen LogP contribution in [0.15, 0.2) is 54.6 Å². The number of benzene rings is 3. The van der Waals surface area contributed by atoms with Crippen LogP contribution in [0.3, 0.4) is 0 Å². The molecule has 2 heteroatoms. The van der Waals surface area contributed by atoms with E-state index in [0.29, 0.717) is 0 Å². The van der Waals surface area contributed by atoms with Crippen molar-refractivity contribution in [3.05, 3.63) is 81.9 Å². The van der Waals surface area contributed by atoms with Gasteiger partial charge in [0, 0.05) is 5.02 Å². The highest BCUT2D eigenvalue weighted by Crippen LogP contribution is 2.39. The molecular weight excluding hydrogens is 299 g/mol. The van der Waals surface area contributed by atoms with E-state index < -0.39 is 0 Å². The summed E-state index contributed by atoms with van der Waals surface area (Å²) in [6, 6.07) is 18.6. The number of fused-ring (bicyclic) bond motifs is 1. The van der Waals surface area contributed by atoms with E-state index >= 15 is 0 Å². The molecule has 3 rings (SSSR count). The average Bonchev–Trinajstić information content (AvgIpc) is 2.49. The van der Waals surface area contributed by atoms with Crippen molar-refractivity contribution in [2.45, 2.75) is 19.2 Å². The zero-order valence-electron chi connectivity index (χ0n) is 12.0. The minimum absolute atomic E-state index is 0.247. The second kappa shape index (κ2) is 5.71. The lowest BCUT2D eigenvalue weighted by molar-refractivity contribution is 1.12. The van der Waals surface area contributed by atoms with Gasteiger partial charge in [-0.05, 0) is 46.9 Å². The molecule has 0 amide bonds. The van der Waals surface area contributed by atoms with Crippen LogP contribution in [-0.4, -0.2) is 0 Å². The van der Waals surface area contributed by atoms with Gasteiger partial charge in [-0.25, -0.2) is 0 Å². The molecule has 0 nitrogen and oxygen atoms in total. The minimum Gasteiger partial charge on any atom is -0.112 e. The van der Waals surface area contributed by atoms with Crippen molar-refractivity contribution in [1.29, 1.82) is 0 Å². The summed E-state index contributed by atoms with van der Waals surface area (Å²) >= 11 is 13.3. The van der Waals surface area contributed by atoms with E-state index in [0.717, 1.165) is 21.7 Å². The molecular formula is C19H16Cl2. The summed E-state index contributed by atoms with van der Waals surface area (Å²) in [5, 5.41) is 2.90. The lowest BCUT2D eigenvalue weighted by Crippen LogP contribution is -1.99. The number of aryl methyl sites for hydroxylation is 2. The van der Waals surface area contributed by atoms with Crippen molar-refractivity contribution < 1.29 is 0 Å². The lowest BCUT2D eigenvalue weighted by Gasteiger charge is -2.18. The van der Waals surface area contributed by atoms with Gasteiger partial charge in [-0.3, -0.25) is 0 Å². The molecule has 0 aliphatic heterocycles. The molecule has 0 saturated heterocycles. The molecule has 106 valence electrons. The fourth-order valence-electron chi connectivity index (χ4n) is 2.76. The monoisotopic (exact) mass is 314 g/mol. The summed E-state index contributed by atoms with van der Waals surface area (Å²) in [6.45, 7) is 4.10. The van der Waals surface area contributed by atoms with Crippen molar-refractivity contribution in [2.24, 2.45) is 0 Å². The molecule has 1 unspecified atom stereocenters. The van der Waals surface area contributed by atoms with Crippen LogP contribution in [0.4, 0.5) is 0 Å². The zero-order chi connectivity index (χ0) is 15.0. The third-order valence-electron chi connectivity index (χ3n) is 3.94. The predicted molar refractivity (Wildman–Crippen MR) is 92.6 cm³/mol. The Labute approximate surface area is 135 Å². The molecule has 0 bridgehead atoms. The van der Waals surface area contributed by atoms with Crippen molar-refractivity contribution in [3.8, 4) is 0 Å². The number of halogens is 2. The Kier molecular flexibility index (Phi) is 3.93. The highest BCUT2D eigenvalue weighted by molar-refractivity contribution is 6.34. The van der Waals surface area contributed by atoms with E-state index in [2.05, 4.69) is 31.2 Å². The van der Waals surface area contributed by atoms with Gasteiger partial charge >= 0.3 is 0 Å². The Bertz CT molecular complexity index is 806. The number of rotatable bonds is 2. The van der Waals surface area contributed by atoms with Crippen molar-refractivity contribution in [1.82, 2.24) is 0 Å². The smallest absolute Gasteiger partial charge is 0.0858 e. The quantitative estimate of drug-likeness (QED) is 0.477. The molecule has 0 aliphatic carbocycles. The molecule has 21 heavy (non-hydrogen) atoms. The standard InChI is InChI=1S/C19H16Cl2/c1-12-10-11-14-7-3-4-8-15(14)17(12)19(21)16-9-5-6-13(2)18(16)20/h3-11,19H,1-2H3. The van der Waals surface area contributed by atoms with Crippen LogP contribution < -0.4 is 0 Å². The Morgan fingerprint density at radius 1 is 0.810 bits per heavy atom. The zero-order valence-corrected chi connectivity index (χ0v) is 13.5. The van der Waals surface area contributed by atoms with E-state index in [1.54, 1.807) is 0 Å². The SMILES string of the molecule is Cc1cccc(C(Cl)c2c(C)ccc3ccccc23)c1Cl. The maximum Gasteiger partial charge on any atom is 0.0858 e. The summed E-state index contributed by atoms with van der Waals surface area (Å²) in [7, 11) is 0. The molecule has 0 spiro atoms. The van der Waals surface area contributed by atoms with Crippen LogP contribution in [0.25, 0.3) is 10.8 Å². The van der Waals surface area contributed by atoms with Crippen LogP contribution in [0.1, 0.15) is 27.6 Å². The van der Waals surface area contributed by atoms with Crippen LogP contribution in [-0.2, 0) is 0 Å². The summed E-state index contributed by atoms with van der Waals surface area (Å²) in [4.78, 5) is 0. The Morgan fingerprint density at radius 3 is 2.38 bits per heavy atom. The summed E-state index contributed by atoms with van der Waals surface area (Å²) in [5.74, 6) is 0. The van der Waals surface area contributed by atoms with Crippen molar-refractivity contribution in [3.63, 3.8) is 0 Å². The molecule has 3 aromatic carbocycles. The maximum atomic E-state index is 6.81. The van der Waals surface area contributed by atoms with E-state index in [-0.39, 0.29) is 5.38 Å². The first-order chi connectivity index (χ1) is 10.1. The second-order valence-corrected chi connectivity index (χ2v) is 6.17. The molecule has 0 N–H and O–H groups in total. The molecule has 0 aromatic heterocycles. The number of alkyl halides is 1. The Morgan fingerprint density at radius 2 is 1.57 bits per heavy atom. The molecule has 0 aliphatic rings. The van der Waals surface area contributed by atoms with Gasteiger partial charge in [0.1, 0.15) is 0 Å². The predicted octanol–water partition coefficient (Wildman–Crippen LogP) is 6.44. The summed E-state index contributed by atoms with van der Waals surface area (Å²) < 4.78 is 0. The van der Waals surface area contributed by atoms with Gasteiger partial charge in [0.2, 0.25) is 0 Å². The van der Waals surface area contributed by atoms with Crippen LogP contribution >= 0.6 is 23.2 Å². The van der Waals surface area contributed by atoms with Gasteiger partial charge in [-0.15, -0.1) is 11.6 Å². The van der Waals surface area contributed by atoms with Gasteiger partial charge in [0.15, 0.2) is 0 Å². The maximum absolute atomic E-state index is 6.81. The number of hydrogen-bond acceptors (Lipinski definition) is 0. The average molecular weight is 315 g/mol. The Hall–Kier alpha value is -1.50. The molecule has 3 aromatic rings. The molecule has 0 fully saturated rings. The second-order valence-electron chi connectivity index (χ2n) is 5.36. The van der Waals surface area contributed by atoms with Crippen molar-refractivity contribution >= 4 is 34.0 Å². The fourth-order valence-corrected chi connectivity index (χ4v) is 3.52. The van der Waals surface area contributed by atoms with Crippen molar-refractivity contribution in [2.75, 3.05) is 0 Å². The molecule has 0 heterocycles. The van der Waals surface area contributed by atoms with Crippen LogP contribution in [0, 0.1) is 13.8 Å². The first-order valence-electron chi connectivity index (χ1n) is 6.97. The van der Waals surface area contributed by atoms with Gasteiger partial charge in [-0.1, -0.05) is 66.2 Å². The summed E-state index contributed by atoms with van der Waals surface area (Å²) in [5.41, 5.74) is 4.35. The van der Waals surface area contributed by atoms with E-state index in [9.17, 15) is 0 Å². The van der Waals surface area contributed by atoms with Crippen LogP contribution in [0.5, 0.6) is 0 Å². The third kappa shape index (κ3) is 2.54. The van der Waals surface area contributed by atoms with Gasteiger partial charge < -0.3 is 0 Å². The fraction of sp³-hybridized carbons (Fsp3) is 0.158. The molecule has 1 atom stereocenters. The highest BCUT2D eigenvalue weighted by atomic mass is 35.5. The van der Waals surface area contributed by atoms with E-state index in [1.165, 1.54) is 16.3 Å². The highest BCUT2D eigenvalue weighted by Gasteiger charge is 2.19. The summed E-state index contributed by atoms with van der Waals surface area (Å²) in [6.07, 6.45) is 0. The normalized spacial score (nSPS) is 12.6. The largest absolute Gasteiger partial charge is 0.112 e. The first-order valence-corrected chi connectivity index (χ1v) is 7.78. The lowest BCUT2D eigenvalue weighted by atomic mass is 9.93. The van der Waals surface area contributed by atoms with Crippen LogP contribution in [0.2, 0.25) is 5.02 Å². The molecule has 0 saturated carbocycles. The van der Waals surface area contributed by atoms with Gasteiger partial charge in [0.25, 0.3) is 0 Å². The third-order valence-corrected chi connectivity index (χ3v) is 4.91. The topological polar surface area (TPSA) is 0 Å². The van der Waals surface area contributed by atoms with Gasteiger partial charge in [0.05, 0.1) is 5.38 Å². The minimum atomic E-state index is -0.247.